The van der Waals surface area contributed by atoms with E-state index in [1.165, 1.54) is 6.33 Å². The maximum absolute atomic E-state index is 12.2. The van der Waals surface area contributed by atoms with Gasteiger partial charge >= 0.3 is 0 Å². The molecule has 1 aromatic heterocycles. The number of amides is 1. The van der Waals surface area contributed by atoms with Gasteiger partial charge in [0.25, 0.3) is 5.91 Å². The van der Waals surface area contributed by atoms with Gasteiger partial charge in [-0.25, -0.2) is 4.98 Å². The maximum Gasteiger partial charge on any atom is 0.260 e. The van der Waals surface area contributed by atoms with Gasteiger partial charge in [0.15, 0.2) is 6.61 Å². The number of aromatic nitrogens is 3. The van der Waals surface area contributed by atoms with Crippen molar-refractivity contribution in [3.05, 3.63) is 67.3 Å². The largest absolute Gasteiger partial charge is 0.484 e. The van der Waals surface area contributed by atoms with Gasteiger partial charge < -0.3 is 9.64 Å². The SMILES string of the molecule is O=C(COc1ccc(-c2ccccc2)cc1)N1CC(Cn2cncn2)C1. The van der Waals surface area contributed by atoms with Gasteiger partial charge in [-0.1, -0.05) is 42.5 Å². The van der Waals surface area contributed by atoms with Crippen LogP contribution in [-0.4, -0.2) is 45.3 Å². The summed E-state index contributed by atoms with van der Waals surface area (Å²) in [7, 11) is 0. The van der Waals surface area contributed by atoms with Crippen LogP contribution in [0.15, 0.2) is 67.3 Å². The number of nitrogens with zero attached hydrogens (tertiary/aromatic N) is 4. The highest BCUT2D eigenvalue weighted by Crippen LogP contribution is 2.22. The van der Waals surface area contributed by atoms with Crippen LogP contribution < -0.4 is 4.74 Å². The second-order valence-electron chi connectivity index (χ2n) is 6.46. The van der Waals surface area contributed by atoms with E-state index < -0.39 is 0 Å². The van der Waals surface area contributed by atoms with Gasteiger partial charge in [-0.2, -0.15) is 5.10 Å². The number of hydrogen-bond donors (Lipinski definition) is 0. The number of carbonyl (C=O) groups is 1. The van der Waals surface area contributed by atoms with Crippen LogP contribution >= 0.6 is 0 Å². The standard InChI is InChI=1S/C20H20N4O2/c25-20(23-10-16(11-23)12-24-15-21-14-22-24)13-26-19-8-6-18(7-9-19)17-4-2-1-3-5-17/h1-9,14-16H,10-13H2. The van der Waals surface area contributed by atoms with Gasteiger partial charge in [-0.3, -0.25) is 9.48 Å². The molecule has 2 heterocycles. The Hall–Kier alpha value is -3.15. The third-order valence-corrected chi connectivity index (χ3v) is 4.55. The number of benzene rings is 2. The molecule has 1 amide bonds. The van der Waals surface area contributed by atoms with Crippen molar-refractivity contribution in [2.75, 3.05) is 19.7 Å². The molecule has 0 saturated carbocycles. The average molecular weight is 348 g/mol. The Morgan fingerprint density at radius 3 is 2.46 bits per heavy atom. The highest BCUT2D eigenvalue weighted by molar-refractivity contribution is 5.78. The first-order valence-electron chi connectivity index (χ1n) is 8.66. The minimum Gasteiger partial charge on any atom is -0.484 e. The molecule has 0 unspecified atom stereocenters. The van der Waals surface area contributed by atoms with E-state index in [1.807, 2.05) is 47.4 Å². The summed E-state index contributed by atoms with van der Waals surface area (Å²) in [5.41, 5.74) is 2.29. The first-order valence-corrected chi connectivity index (χ1v) is 8.66. The van der Waals surface area contributed by atoms with Gasteiger partial charge in [0.2, 0.25) is 0 Å². The second kappa shape index (κ2) is 7.39. The van der Waals surface area contributed by atoms with E-state index in [0.717, 1.165) is 30.8 Å². The fraction of sp³-hybridized carbons (Fsp3) is 0.250. The maximum atomic E-state index is 12.2. The summed E-state index contributed by atoms with van der Waals surface area (Å²) in [6.07, 6.45) is 3.23. The zero-order valence-electron chi connectivity index (χ0n) is 14.4. The molecule has 0 radical (unpaired) electrons. The Morgan fingerprint density at radius 2 is 1.77 bits per heavy atom. The molecule has 0 N–H and O–H groups in total. The minimum atomic E-state index is 0.0203. The molecule has 1 fully saturated rings. The van der Waals surface area contributed by atoms with Gasteiger partial charge in [-0.15, -0.1) is 0 Å². The van der Waals surface area contributed by atoms with Crippen LogP contribution in [0.2, 0.25) is 0 Å². The lowest BCUT2D eigenvalue weighted by Crippen LogP contribution is -2.52. The number of carbonyl (C=O) groups excluding carboxylic acids is 1. The van der Waals surface area contributed by atoms with Crippen LogP contribution in [0.1, 0.15) is 0 Å². The van der Waals surface area contributed by atoms with E-state index in [1.54, 1.807) is 11.0 Å². The molecule has 0 aliphatic carbocycles. The van der Waals surface area contributed by atoms with E-state index >= 15 is 0 Å². The van der Waals surface area contributed by atoms with E-state index in [9.17, 15) is 4.79 Å². The predicted molar refractivity (Wildman–Crippen MR) is 97.5 cm³/mol. The van der Waals surface area contributed by atoms with Gasteiger partial charge in [0.1, 0.15) is 18.4 Å². The van der Waals surface area contributed by atoms with Crippen LogP contribution in [-0.2, 0) is 11.3 Å². The predicted octanol–water partition coefficient (Wildman–Crippen LogP) is 2.48. The number of hydrogen-bond acceptors (Lipinski definition) is 4. The molecule has 0 bridgehead atoms. The van der Waals surface area contributed by atoms with Crippen molar-refractivity contribution in [1.29, 1.82) is 0 Å². The van der Waals surface area contributed by atoms with Crippen molar-refractivity contribution in [2.24, 2.45) is 5.92 Å². The third-order valence-electron chi connectivity index (χ3n) is 4.55. The molecule has 1 aliphatic heterocycles. The van der Waals surface area contributed by atoms with E-state index in [0.29, 0.717) is 11.7 Å². The lowest BCUT2D eigenvalue weighted by molar-refractivity contribution is -0.140. The first kappa shape index (κ1) is 16.3. The van der Waals surface area contributed by atoms with Crippen LogP contribution in [0.5, 0.6) is 5.75 Å². The van der Waals surface area contributed by atoms with Crippen molar-refractivity contribution in [1.82, 2.24) is 19.7 Å². The first-order chi connectivity index (χ1) is 12.8. The molecule has 1 aliphatic rings. The number of rotatable bonds is 6. The van der Waals surface area contributed by atoms with Crippen molar-refractivity contribution in [3.8, 4) is 16.9 Å². The quantitative estimate of drug-likeness (QED) is 0.687. The lowest BCUT2D eigenvalue weighted by atomic mass is 10.0. The molecular formula is C20H20N4O2. The molecule has 2 aromatic carbocycles. The monoisotopic (exact) mass is 348 g/mol. The van der Waals surface area contributed by atoms with Crippen LogP contribution in [0.4, 0.5) is 0 Å². The number of ether oxygens (including phenoxy) is 1. The molecule has 132 valence electrons. The lowest BCUT2D eigenvalue weighted by Gasteiger charge is -2.39. The van der Waals surface area contributed by atoms with E-state index in [4.69, 9.17) is 4.74 Å². The molecule has 6 heteroatoms. The zero-order chi connectivity index (χ0) is 17.8. The summed E-state index contributed by atoms with van der Waals surface area (Å²) in [5.74, 6) is 1.16. The van der Waals surface area contributed by atoms with Crippen molar-refractivity contribution >= 4 is 5.91 Å². The molecule has 26 heavy (non-hydrogen) atoms. The summed E-state index contributed by atoms with van der Waals surface area (Å²) < 4.78 is 7.44. The Bertz CT molecular complexity index is 841. The van der Waals surface area contributed by atoms with E-state index in [2.05, 4.69) is 22.2 Å². The Kier molecular flexibility index (Phi) is 4.64. The van der Waals surface area contributed by atoms with Gasteiger partial charge in [-0.05, 0) is 23.3 Å². The molecule has 3 aromatic rings. The third kappa shape index (κ3) is 3.74. The second-order valence-corrected chi connectivity index (χ2v) is 6.46. The smallest absolute Gasteiger partial charge is 0.260 e. The van der Waals surface area contributed by atoms with Gasteiger partial charge in [0.05, 0.1) is 0 Å². The molecule has 0 atom stereocenters. The van der Waals surface area contributed by atoms with Crippen LogP contribution in [0, 0.1) is 5.92 Å². The van der Waals surface area contributed by atoms with Gasteiger partial charge in [0, 0.05) is 25.6 Å². The average Bonchev–Trinajstić information content (AvgIpc) is 3.17. The minimum absolute atomic E-state index is 0.0203. The van der Waals surface area contributed by atoms with Crippen LogP contribution in [0.3, 0.4) is 0 Å². The van der Waals surface area contributed by atoms with E-state index in [-0.39, 0.29) is 12.5 Å². The molecule has 0 spiro atoms. The highest BCUT2D eigenvalue weighted by atomic mass is 16.5. The van der Waals surface area contributed by atoms with Crippen molar-refractivity contribution < 1.29 is 9.53 Å². The topological polar surface area (TPSA) is 60.2 Å². The fourth-order valence-electron chi connectivity index (χ4n) is 3.09. The number of likely N-dealkylation sites (tertiary alicyclic amines) is 1. The molecular weight excluding hydrogens is 328 g/mol. The zero-order valence-corrected chi connectivity index (χ0v) is 14.4. The summed E-state index contributed by atoms with van der Waals surface area (Å²) in [4.78, 5) is 17.9. The van der Waals surface area contributed by atoms with Crippen molar-refractivity contribution in [2.45, 2.75) is 6.54 Å². The highest BCUT2D eigenvalue weighted by Gasteiger charge is 2.31. The molecule has 4 rings (SSSR count). The molecule has 1 saturated heterocycles. The Balaban J connectivity index is 1.24. The summed E-state index contributed by atoms with van der Waals surface area (Å²) in [5, 5.41) is 4.09. The van der Waals surface area contributed by atoms with Crippen molar-refractivity contribution in [3.63, 3.8) is 0 Å². The molecule has 6 nitrogen and oxygen atoms in total. The summed E-state index contributed by atoms with van der Waals surface area (Å²) in [6, 6.07) is 18.0. The Morgan fingerprint density at radius 1 is 1.04 bits per heavy atom. The summed E-state index contributed by atoms with van der Waals surface area (Å²) >= 11 is 0. The fourth-order valence-corrected chi connectivity index (χ4v) is 3.09. The normalized spacial score (nSPS) is 14.1. The van der Waals surface area contributed by atoms with Crippen LogP contribution in [0.25, 0.3) is 11.1 Å². The Labute approximate surface area is 152 Å². The summed E-state index contributed by atoms with van der Waals surface area (Å²) in [6.45, 7) is 2.36.